The highest BCUT2D eigenvalue weighted by Gasteiger charge is 1.74. The predicted octanol–water partition coefficient (Wildman–Crippen LogP) is 0.384. The number of carbonyl (C=O) groups is 1. The molecule has 0 spiro atoms. The summed E-state index contributed by atoms with van der Waals surface area (Å²) in [7, 11) is 3.06. The molecule has 0 rings (SSSR count). The summed E-state index contributed by atoms with van der Waals surface area (Å²) in [6, 6.07) is 0. The monoisotopic (exact) mass is 87.0 g/mol. The van der Waals surface area contributed by atoms with E-state index in [0.717, 1.165) is 6.29 Å². The van der Waals surface area contributed by atoms with Gasteiger partial charge in [0.2, 0.25) is 0 Å². The summed E-state index contributed by atoms with van der Waals surface area (Å²) in [5.41, 5.74) is 0. The van der Waals surface area contributed by atoms with Gasteiger partial charge in [0.15, 0.2) is 0 Å². The molecule has 0 aliphatic rings. The molecule has 0 aliphatic carbocycles. The number of carbonyl (C=O) groups excluding carboxylic acids is 1. The Bertz CT molecular complexity index is 34.5. The Labute approximate surface area is 37.1 Å². The van der Waals surface area contributed by atoms with E-state index in [4.69, 9.17) is 0 Å². The third-order valence-corrected chi connectivity index (χ3v) is 0.380. The SMILES string of the molecule is [CH2]OCCC=O. The molecular weight excluding hydrogens is 80.0 g/mol. The van der Waals surface area contributed by atoms with E-state index in [1.54, 1.807) is 0 Å². The quantitative estimate of drug-likeness (QED) is 0.367. The van der Waals surface area contributed by atoms with E-state index < -0.39 is 0 Å². The number of ether oxygens (including phenoxy) is 1. The zero-order valence-corrected chi connectivity index (χ0v) is 3.52. The molecule has 0 N–H and O–H groups in total. The average Bonchev–Trinajstić information content (AvgIpc) is 1.61. The van der Waals surface area contributed by atoms with Gasteiger partial charge in [-0.3, -0.25) is 0 Å². The van der Waals surface area contributed by atoms with Crippen LogP contribution < -0.4 is 0 Å². The molecule has 0 heterocycles. The Morgan fingerprint density at radius 1 is 1.83 bits per heavy atom. The Hall–Kier alpha value is -0.370. The molecule has 2 nitrogen and oxygen atoms in total. The first-order valence-electron chi connectivity index (χ1n) is 1.72. The summed E-state index contributed by atoms with van der Waals surface area (Å²) in [5, 5.41) is 0. The zero-order chi connectivity index (χ0) is 4.83. The van der Waals surface area contributed by atoms with Crippen molar-refractivity contribution in [2.24, 2.45) is 0 Å². The van der Waals surface area contributed by atoms with Crippen molar-refractivity contribution in [2.75, 3.05) is 6.61 Å². The lowest BCUT2D eigenvalue weighted by molar-refractivity contribution is -0.108. The molecule has 0 saturated heterocycles. The van der Waals surface area contributed by atoms with Crippen LogP contribution in [0.4, 0.5) is 0 Å². The van der Waals surface area contributed by atoms with Gasteiger partial charge in [-0.15, -0.1) is 0 Å². The van der Waals surface area contributed by atoms with Gasteiger partial charge >= 0.3 is 0 Å². The fourth-order valence-corrected chi connectivity index (χ4v) is 0.131. The van der Waals surface area contributed by atoms with Crippen LogP contribution in [0.3, 0.4) is 0 Å². The Morgan fingerprint density at radius 2 is 2.50 bits per heavy atom. The molecule has 0 aliphatic heterocycles. The van der Waals surface area contributed by atoms with Crippen molar-refractivity contribution in [3.63, 3.8) is 0 Å². The predicted molar refractivity (Wildman–Crippen MR) is 22.0 cm³/mol. The second-order valence-electron chi connectivity index (χ2n) is 0.864. The third-order valence-electron chi connectivity index (χ3n) is 0.380. The van der Waals surface area contributed by atoms with Gasteiger partial charge in [-0.1, -0.05) is 0 Å². The molecule has 0 amide bonds. The van der Waals surface area contributed by atoms with Crippen molar-refractivity contribution in [1.29, 1.82) is 0 Å². The normalized spacial score (nSPS) is 8.17. The lowest BCUT2D eigenvalue weighted by atomic mass is 10.5. The van der Waals surface area contributed by atoms with Crippen LogP contribution >= 0.6 is 0 Å². The maximum absolute atomic E-state index is 9.46. The van der Waals surface area contributed by atoms with Crippen LogP contribution in [0.15, 0.2) is 0 Å². The van der Waals surface area contributed by atoms with Crippen molar-refractivity contribution in [3.8, 4) is 0 Å². The largest absolute Gasteiger partial charge is 0.379 e. The second-order valence-corrected chi connectivity index (χ2v) is 0.864. The van der Waals surface area contributed by atoms with Crippen molar-refractivity contribution in [3.05, 3.63) is 7.11 Å². The summed E-state index contributed by atoms with van der Waals surface area (Å²) in [6.45, 7) is 0.434. The molecule has 0 aromatic carbocycles. The van der Waals surface area contributed by atoms with Crippen LogP contribution in [0.1, 0.15) is 6.42 Å². The maximum atomic E-state index is 9.46. The van der Waals surface area contributed by atoms with E-state index >= 15 is 0 Å². The van der Waals surface area contributed by atoms with Crippen molar-refractivity contribution >= 4 is 6.29 Å². The lowest BCUT2D eigenvalue weighted by Gasteiger charge is -1.83. The number of hydrogen-bond donors (Lipinski definition) is 0. The molecule has 0 unspecified atom stereocenters. The molecule has 6 heavy (non-hydrogen) atoms. The minimum absolute atomic E-state index is 0.434. The van der Waals surface area contributed by atoms with E-state index in [1.807, 2.05) is 0 Å². The van der Waals surface area contributed by atoms with Crippen molar-refractivity contribution in [1.82, 2.24) is 0 Å². The van der Waals surface area contributed by atoms with E-state index in [9.17, 15) is 4.79 Å². The van der Waals surface area contributed by atoms with Crippen LogP contribution in [0, 0.1) is 7.11 Å². The fraction of sp³-hybridized carbons (Fsp3) is 0.500. The minimum Gasteiger partial charge on any atom is -0.379 e. The van der Waals surface area contributed by atoms with Gasteiger partial charge in [-0.25, -0.2) is 0 Å². The molecule has 0 fully saturated rings. The van der Waals surface area contributed by atoms with Crippen LogP contribution in [-0.4, -0.2) is 12.9 Å². The molecule has 0 aromatic rings. The van der Waals surface area contributed by atoms with Crippen LogP contribution in [0.2, 0.25) is 0 Å². The average molecular weight is 87.1 g/mol. The molecule has 2 heteroatoms. The van der Waals surface area contributed by atoms with Gasteiger partial charge in [0.05, 0.1) is 13.7 Å². The van der Waals surface area contributed by atoms with Crippen LogP contribution in [-0.2, 0) is 9.53 Å². The minimum atomic E-state index is 0.434. The summed E-state index contributed by atoms with van der Waals surface area (Å²) in [5.74, 6) is 0. The molecule has 35 valence electrons. The van der Waals surface area contributed by atoms with Gasteiger partial charge in [0.25, 0.3) is 0 Å². The van der Waals surface area contributed by atoms with Gasteiger partial charge in [0, 0.05) is 6.42 Å². The highest BCUT2D eigenvalue weighted by molar-refractivity contribution is 5.49. The Kier molecular flexibility index (Phi) is 4.34. The van der Waals surface area contributed by atoms with Gasteiger partial charge in [-0.2, -0.15) is 0 Å². The number of aldehydes is 1. The molecule has 0 saturated carbocycles. The van der Waals surface area contributed by atoms with E-state index in [-0.39, 0.29) is 0 Å². The molecule has 0 atom stereocenters. The number of rotatable bonds is 3. The maximum Gasteiger partial charge on any atom is 0.122 e. The topological polar surface area (TPSA) is 26.3 Å². The smallest absolute Gasteiger partial charge is 0.122 e. The molecule has 0 bridgehead atoms. The van der Waals surface area contributed by atoms with E-state index in [0.29, 0.717) is 13.0 Å². The second kappa shape index (κ2) is 4.63. The summed E-state index contributed by atoms with van der Waals surface area (Å²) < 4.78 is 4.30. The highest BCUT2D eigenvalue weighted by Crippen LogP contribution is 1.70. The molecule has 0 aromatic heterocycles. The summed E-state index contributed by atoms with van der Waals surface area (Å²) in [6.07, 6.45) is 1.24. The lowest BCUT2D eigenvalue weighted by Crippen LogP contribution is -1.84. The van der Waals surface area contributed by atoms with Gasteiger partial charge in [-0.05, 0) is 0 Å². The van der Waals surface area contributed by atoms with Crippen LogP contribution in [0.25, 0.3) is 0 Å². The standard InChI is InChI=1S/C4H7O2/c1-6-4-2-3-5/h3H,1-2,4H2. The van der Waals surface area contributed by atoms with E-state index in [1.165, 1.54) is 0 Å². The zero-order valence-electron chi connectivity index (χ0n) is 3.52. The van der Waals surface area contributed by atoms with Crippen molar-refractivity contribution in [2.45, 2.75) is 6.42 Å². The third kappa shape index (κ3) is 3.63. The van der Waals surface area contributed by atoms with Gasteiger partial charge < -0.3 is 9.53 Å². The first kappa shape index (κ1) is 5.63. The summed E-state index contributed by atoms with van der Waals surface area (Å²) >= 11 is 0. The highest BCUT2D eigenvalue weighted by atomic mass is 16.5. The van der Waals surface area contributed by atoms with E-state index in [2.05, 4.69) is 11.8 Å². The van der Waals surface area contributed by atoms with Gasteiger partial charge in [0.1, 0.15) is 6.29 Å². The number of hydrogen-bond acceptors (Lipinski definition) is 2. The van der Waals surface area contributed by atoms with Crippen LogP contribution in [0.5, 0.6) is 0 Å². The van der Waals surface area contributed by atoms with Crippen molar-refractivity contribution < 1.29 is 9.53 Å². The first-order valence-corrected chi connectivity index (χ1v) is 1.72. The summed E-state index contributed by atoms with van der Waals surface area (Å²) in [4.78, 5) is 9.46. The Morgan fingerprint density at radius 3 is 2.67 bits per heavy atom. The Balaban J connectivity index is 2.49. The molecule has 1 radical (unpaired) electrons. The fourth-order valence-electron chi connectivity index (χ4n) is 0.131. The first-order chi connectivity index (χ1) is 2.91. The molecular formula is C4H7O2.